The van der Waals surface area contributed by atoms with Gasteiger partial charge in [-0.15, -0.1) is 0 Å². The summed E-state index contributed by atoms with van der Waals surface area (Å²) in [6.45, 7) is 3.52. The molecule has 2 aliphatic rings. The molecule has 1 unspecified atom stereocenters. The summed E-state index contributed by atoms with van der Waals surface area (Å²) >= 11 is 0. The van der Waals surface area contributed by atoms with Crippen LogP contribution in [0.25, 0.3) is 0 Å². The number of nitrogens with zero attached hydrogens (tertiary/aromatic N) is 2. The molecule has 0 aromatic heterocycles. The lowest BCUT2D eigenvalue weighted by Gasteiger charge is -2.29. The molecule has 1 atom stereocenters. The summed E-state index contributed by atoms with van der Waals surface area (Å²) in [4.78, 5) is 16.9. The molecule has 1 aliphatic heterocycles. The summed E-state index contributed by atoms with van der Waals surface area (Å²) in [5, 5.41) is 12.4. The highest BCUT2D eigenvalue weighted by atomic mass is 16.3. The Morgan fingerprint density at radius 1 is 1.26 bits per heavy atom. The molecule has 1 aromatic carbocycles. The van der Waals surface area contributed by atoms with E-state index in [1.165, 1.54) is 12.8 Å². The molecule has 3 rings (SSSR count). The average molecular weight is 317 g/mol. The minimum Gasteiger partial charge on any atom is -0.395 e. The number of carbonyl (C=O) groups is 1. The maximum atomic E-state index is 12.7. The molecule has 126 valence electrons. The van der Waals surface area contributed by atoms with Crippen molar-refractivity contribution in [3.05, 3.63) is 35.9 Å². The minimum absolute atomic E-state index is 0.00161. The smallest absolute Gasteiger partial charge is 0.318 e. The maximum Gasteiger partial charge on any atom is 0.318 e. The van der Waals surface area contributed by atoms with Crippen LogP contribution in [0.3, 0.4) is 0 Å². The topological polar surface area (TPSA) is 55.8 Å². The predicted molar refractivity (Wildman–Crippen MR) is 90.2 cm³/mol. The molecule has 2 amide bonds. The Hall–Kier alpha value is -1.59. The van der Waals surface area contributed by atoms with Crippen LogP contribution < -0.4 is 5.32 Å². The number of hydrogen-bond acceptors (Lipinski definition) is 3. The van der Waals surface area contributed by atoms with Gasteiger partial charge in [-0.3, -0.25) is 0 Å². The Balaban J connectivity index is 1.68. The first-order chi connectivity index (χ1) is 11.3. The summed E-state index contributed by atoms with van der Waals surface area (Å²) in [6, 6.07) is 10.5. The van der Waals surface area contributed by atoms with Gasteiger partial charge < -0.3 is 20.2 Å². The Labute approximate surface area is 138 Å². The number of likely N-dealkylation sites (tertiary alicyclic amines) is 1. The molecule has 5 heteroatoms. The number of carbonyl (C=O) groups excluding carboxylic acids is 1. The van der Waals surface area contributed by atoms with Gasteiger partial charge in [-0.25, -0.2) is 4.79 Å². The summed E-state index contributed by atoms with van der Waals surface area (Å²) in [5.74, 6) is 0. The van der Waals surface area contributed by atoms with E-state index in [0.717, 1.165) is 38.0 Å². The molecule has 2 N–H and O–H groups in total. The van der Waals surface area contributed by atoms with Gasteiger partial charge in [0.1, 0.15) is 0 Å². The minimum atomic E-state index is -0.0467. The van der Waals surface area contributed by atoms with E-state index >= 15 is 0 Å². The molecule has 0 spiro atoms. The fraction of sp³-hybridized carbons (Fsp3) is 0.611. The van der Waals surface area contributed by atoms with E-state index in [1.807, 2.05) is 18.2 Å². The van der Waals surface area contributed by atoms with Crippen molar-refractivity contribution in [2.75, 3.05) is 32.8 Å². The fourth-order valence-electron chi connectivity index (χ4n) is 3.32. The molecule has 0 bridgehead atoms. The Kier molecular flexibility index (Phi) is 5.51. The number of amides is 2. The zero-order valence-electron chi connectivity index (χ0n) is 13.7. The van der Waals surface area contributed by atoms with Crippen molar-refractivity contribution in [3.63, 3.8) is 0 Å². The Morgan fingerprint density at radius 2 is 1.96 bits per heavy atom. The summed E-state index contributed by atoms with van der Waals surface area (Å²) in [7, 11) is 0. The molecule has 1 aliphatic carbocycles. The van der Waals surface area contributed by atoms with Crippen molar-refractivity contribution in [3.8, 4) is 0 Å². The van der Waals surface area contributed by atoms with Crippen LogP contribution in [0.15, 0.2) is 30.3 Å². The Bertz CT molecular complexity index is 498. The molecule has 5 nitrogen and oxygen atoms in total. The third-order valence-electron chi connectivity index (χ3n) is 4.73. The summed E-state index contributed by atoms with van der Waals surface area (Å²) < 4.78 is 0. The van der Waals surface area contributed by atoms with Crippen molar-refractivity contribution >= 4 is 6.03 Å². The summed E-state index contributed by atoms with van der Waals surface area (Å²) in [5.41, 5.74) is 1.15. The van der Waals surface area contributed by atoms with Crippen molar-refractivity contribution in [1.29, 1.82) is 0 Å². The number of nitrogens with one attached hydrogen (secondary N) is 1. The lowest BCUT2D eigenvalue weighted by molar-refractivity contribution is 0.167. The van der Waals surface area contributed by atoms with Crippen LogP contribution in [0.1, 0.15) is 37.3 Å². The van der Waals surface area contributed by atoms with E-state index in [2.05, 4.69) is 22.3 Å². The number of benzene rings is 1. The number of aliphatic hydroxyl groups excluding tert-OH is 1. The van der Waals surface area contributed by atoms with Crippen LogP contribution in [-0.4, -0.2) is 59.8 Å². The van der Waals surface area contributed by atoms with Gasteiger partial charge in [0.2, 0.25) is 0 Å². The van der Waals surface area contributed by atoms with E-state index in [4.69, 9.17) is 0 Å². The van der Waals surface area contributed by atoms with Gasteiger partial charge >= 0.3 is 6.03 Å². The molecule has 0 radical (unpaired) electrons. The number of aliphatic hydroxyl groups is 1. The van der Waals surface area contributed by atoms with Gasteiger partial charge in [0.05, 0.1) is 12.6 Å². The third kappa shape index (κ3) is 4.45. The van der Waals surface area contributed by atoms with Gasteiger partial charge in [-0.05, 0) is 44.3 Å². The zero-order valence-corrected chi connectivity index (χ0v) is 13.7. The number of rotatable bonds is 7. The highest BCUT2D eigenvalue weighted by Gasteiger charge is 2.33. The van der Waals surface area contributed by atoms with E-state index in [-0.39, 0.29) is 18.7 Å². The van der Waals surface area contributed by atoms with Crippen LogP contribution >= 0.6 is 0 Å². The van der Waals surface area contributed by atoms with E-state index in [1.54, 1.807) is 4.90 Å². The van der Waals surface area contributed by atoms with E-state index < -0.39 is 0 Å². The maximum absolute atomic E-state index is 12.7. The van der Waals surface area contributed by atoms with Crippen LogP contribution in [0, 0.1) is 0 Å². The molecular weight excluding hydrogens is 290 g/mol. The summed E-state index contributed by atoms with van der Waals surface area (Å²) in [6.07, 6.45) is 4.59. The lowest BCUT2D eigenvalue weighted by atomic mass is 10.1. The molecule has 1 saturated heterocycles. The zero-order chi connectivity index (χ0) is 16.1. The average Bonchev–Trinajstić information content (AvgIpc) is 3.29. The normalized spacial score (nSPS) is 19.5. The standard InChI is InChI=1S/C18H27N3O2/c22-13-12-21(16-8-9-16)18(23)19-17(14-20-10-4-5-11-20)15-6-2-1-3-7-15/h1-3,6-7,16-17,22H,4-5,8-14H2,(H,19,23). The molecule has 1 heterocycles. The monoisotopic (exact) mass is 317 g/mol. The lowest BCUT2D eigenvalue weighted by Crippen LogP contribution is -2.46. The largest absolute Gasteiger partial charge is 0.395 e. The van der Waals surface area contributed by atoms with Crippen molar-refractivity contribution in [1.82, 2.24) is 15.1 Å². The first-order valence-electron chi connectivity index (χ1n) is 8.73. The van der Waals surface area contributed by atoms with Crippen LogP contribution in [0.4, 0.5) is 4.79 Å². The molecule has 1 aromatic rings. The number of hydrogen-bond donors (Lipinski definition) is 2. The van der Waals surface area contributed by atoms with Crippen molar-refractivity contribution in [2.45, 2.75) is 37.8 Å². The molecule has 2 fully saturated rings. The second-order valence-corrected chi connectivity index (χ2v) is 6.57. The van der Waals surface area contributed by atoms with Gasteiger partial charge in [0, 0.05) is 19.1 Å². The van der Waals surface area contributed by atoms with Crippen molar-refractivity contribution < 1.29 is 9.90 Å². The van der Waals surface area contributed by atoms with Gasteiger partial charge in [0.25, 0.3) is 0 Å². The van der Waals surface area contributed by atoms with Crippen molar-refractivity contribution in [2.24, 2.45) is 0 Å². The van der Waals surface area contributed by atoms with Crippen LogP contribution in [0.2, 0.25) is 0 Å². The van der Waals surface area contributed by atoms with Gasteiger partial charge in [-0.2, -0.15) is 0 Å². The van der Waals surface area contributed by atoms with Crippen LogP contribution in [-0.2, 0) is 0 Å². The van der Waals surface area contributed by atoms with E-state index in [0.29, 0.717) is 12.6 Å². The van der Waals surface area contributed by atoms with Gasteiger partial charge in [0.15, 0.2) is 0 Å². The molecular formula is C18H27N3O2. The highest BCUT2D eigenvalue weighted by molar-refractivity contribution is 5.75. The first kappa shape index (κ1) is 16.3. The number of urea groups is 1. The predicted octanol–water partition coefficient (Wildman–Crippen LogP) is 1.99. The van der Waals surface area contributed by atoms with Crippen LogP contribution in [0.5, 0.6) is 0 Å². The Morgan fingerprint density at radius 3 is 2.57 bits per heavy atom. The second-order valence-electron chi connectivity index (χ2n) is 6.57. The quantitative estimate of drug-likeness (QED) is 0.808. The second kappa shape index (κ2) is 7.79. The van der Waals surface area contributed by atoms with E-state index in [9.17, 15) is 9.90 Å². The molecule has 1 saturated carbocycles. The van der Waals surface area contributed by atoms with Gasteiger partial charge in [-0.1, -0.05) is 30.3 Å². The first-order valence-corrected chi connectivity index (χ1v) is 8.73. The SMILES string of the molecule is O=C(NC(CN1CCCC1)c1ccccc1)N(CCO)C1CC1. The molecule has 23 heavy (non-hydrogen) atoms. The highest BCUT2D eigenvalue weighted by Crippen LogP contribution is 2.27. The third-order valence-corrected chi connectivity index (χ3v) is 4.73. The fourth-order valence-corrected chi connectivity index (χ4v) is 3.32.